The van der Waals surface area contributed by atoms with E-state index in [2.05, 4.69) is 45.0 Å². The van der Waals surface area contributed by atoms with Gasteiger partial charge < -0.3 is 24.6 Å². The van der Waals surface area contributed by atoms with E-state index in [0.717, 1.165) is 44.5 Å². The van der Waals surface area contributed by atoms with Crippen molar-refractivity contribution in [2.24, 2.45) is 0 Å². The zero-order chi connectivity index (χ0) is 22.1. The van der Waals surface area contributed by atoms with Crippen molar-refractivity contribution in [3.8, 4) is 11.5 Å². The number of nitrogens with one attached hydrogen (secondary N) is 1. The maximum Gasteiger partial charge on any atom is 0.253 e. The van der Waals surface area contributed by atoms with Gasteiger partial charge in [-0.25, -0.2) is 0 Å². The van der Waals surface area contributed by atoms with Crippen LogP contribution in [-0.4, -0.2) is 73.2 Å². The highest BCUT2D eigenvalue weighted by Gasteiger charge is 2.40. The van der Waals surface area contributed by atoms with Crippen LogP contribution in [0.5, 0.6) is 11.5 Å². The van der Waals surface area contributed by atoms with Gasteiger partial charge in [-0.1, -0.05) is 0 Å². The highest BCUT2D eigenvalue weighted by Crippen LogP contribution is 2.34. The monoisotopic (exact) mass is 417 g/mol. The number of hydrogen-bond donors (Lipinski definition) is 1. The minimum Gasteiger partial charge on any atom is -0.493 e. The second kappa shape index (κ2) is 8.75. The number of rotatable bonds is 5. The molecule has 0 atom stereocenters. The van der Waals surface area contributed by atoms with Crippen LogP contribution in [-0.2, 0) is 0 Å². The quantitative estimate of drug-likeness (QED) is 0.794. The number of ether oxygens (including phenoxy) is 2. The molecule has 6 nitrogen and oxygen atoms in total. The average molecular weight is 418 g/mol. The van der Waals surface area contributed by atoms with Gasteiger partial charge in [-0.3, -0.25) is 4.79 Å². The molecule has 0 aromatic heterocycles. The zero-order valence-electron chi connectivity index (χ0n) is 19.7. The van der Waals surface area contributed by atoms with Crippen molar-refractivity contribution in [1.29, 1.82) is 0 Å². The Balaban J connectivity index is 1.72. The average Bonchev–Trinajstić information content (AvgIpc) is 2.66. The van der Waals surface area contributed by atoms with Gasteiger partial charge in [-0.05, 0) is 78.6 Å². The minimum absolute atomic E-state index is 0.00951. The molecule has 2 saturated heterocycles. The SMILES string of the molecule is COc1cc(C(=O)N(C)C2CC(C)(C)NC(C)(C)C2)ccc1OC1CCN(C)CC1. The number of carbonyl (C=O) groups excluding carboxylic acids is 1. The summed E-state index contributed by atoms with van der Waals surface area (Å²) >= 11 is 0. The van der Waals surface area contributed by atoms with Crippen molar-refractivity contribution in [3.63, 3.8) is 0 Å². The Labute approximate surface area is 181 Å². The number of hydrogen-bond acceptors (Lipinski definition) is 5. The second-order valence-electron chi connectivity index (χ2n) is 10.4. The van der Waals surface area contributed by atoms with Gasteiger partial charge in [0.2, 0.25) is 0 Å². The predicted octanol–water partition coefficient (Wildman–Crippen LogP) is 3.55. The Kier molecular flexibility index (Phi) is 6.68. The first-order chi connectivity index (χ1) is 14.0. The molecule has 2 heterocycles. The Morgan fingerprint density at radius 3 is 2.27 bits per heavy atom. The Morgan fingerprint density at radius 2 is 1.70 bits per heavy atom. The van der Waals surface area contributed by atoms with E-state index in [4.69, 9.17) is 9.47 Å². The van der Waals surface area contributed by atoms with Crippen molar-refractivity contribution in [2.45, 2.75) is 76.6 Å². The van der Waals surface area contributed by atoms with Crippen molar-refractivity contribution in [1.82, 2.24) is 15.1 Å². The van der Waals surface area contributed by atoms with Gasteiger partial charge in [-0.15, -0.1) is 0 Å². The molecule has 0 unspecified atom stereocenters. The molecule has 0 radical (unpaired) electrons. The summed E-state index contributed by atoms with van der Waals surface area (Å²) in [5.41, 5.74) is 0.619. The smallest absolute Gasteiger partial charge is 0.253 e. The van der Waals surface area contributed by atoms with Crippen LogP contribution in [0.2, 0.25) is 0 Å². The van der Waals surface area contributed by atoms with Crippen LogP contribution in [0, 0.1) is 0 Å². The van der Waals surface area contributed by atoms with Crippen LogP contribution in [0.25, 0.3) is 0 Å². The summed E-state index contributed by atoms with van der Waals surface area (Å²) in [5, 5.41) is 3.69. The third kappa shape index (κ3) is 5.46. The Bertz CT molecular complexity index is 738. The van der Waals surface area contributed by atoms with E-state index in [1.807, 2.05) is 30.1 Å². The number of piperidine rings is 2. The third-order valence-electron chi connectivity index (χ3n) is 6.41. The lowest BCUT2D eigenvalue weighted by Gasteiger charge is -2.49. The lowest BCUT2D eigenvalue weighted by molar-refractivity contribution is 0.0528. The molecule has 1 N–H and O–H groups in total. The van der Waals surface area contributed by atoms with Crippen molar-refractivity contribution in [3.05, 3.63) is 23.8 Å². The summed E-state index contributed by atoms with van der Waals surface area (Å²) in [5.74, 6) is 1.37. The molecular weight excluding hydrogens is 378 g/mol. The predicted molar refractivity (Wildman–Crippen MR) is 121 cm³/mol. The third-order valence-corrected chi connectivity index (χ3v) is 6.41. The van der Waals surface area contributed by atoms with Gasteiger partial charge in [0.05, 0.1) is 7.11 Å². The first kappa shape index (κ1) is 22.9. The van der Waals surface area contributed by atoms with E-state index in [1.54, 1.807) is 7.11 Å². The molecule has 168 valence electrons. The highest BCUT2D eigenvalue weighted by molar-refractivity contribution is 5.95. The molecule has 2 aliphatic rings. The van der Waals surface area contributed by atoms with E-state index in [9.17, 15) is 4.79 Å². The summed E-state index contributed by atoms with van der Waals surface area (Å²) in [6.45, 7) is 10.9. The van der Waals surface area contributed by atoms with E-state index < -0.39 is 0 Å². The van der Waals surface area contributed by atoms with Gasteiger partial charge in [0, 0.05) is 42.8 Å². The van der Waals surface area contributed by atoms with Crippen molar-refractivity contribution in [2.75, 3.05) is 34.3 Å². The molecular formula is C24H39N3O3. The number of likely N-dealkylation sites (tertiary alicyclic amines) is 1. The van der Waals surface area contributed by atoms with Crippen LogP contribution in [0.1, 0.15) is 63.7 Å². The normalized spacial score (nSPS) is 22.5. The van der Waals surface area contributed by atoms with Crippen molar-refractivity contribution < 1.29 is 14.3 Å². The van der Waals surface area contributed by atoms with Crippen LogP contribution in [0.4, 0.5) is 0 Å². The lowest BCUT2D eigenvalue weighted by Crippen LogP contribution is -2.62. The van der Waals surface area contributed by atoms with Crippen molar-refractivity contribution >= 4 is 5.91 Å². The van der Waals surface area contributed by atoms with Crippen LogP contribution >= 0.6 is 0 Å². The molecule has 1 amide bonds. The van der Waals surface area contributed by atoms with E-state index in [0.29, 0.717) is 11.3 Å². The van der Waals surface area contributed by atoms with Crippen LogP contribution < -0.4 is 14.8 Å². The van der Waals surface area contributed by atoms with Gasteiger partial charge in [-0.2, -0.15) is 0 Å². The summed E-state index contributed by atoms with van der Waals surface area (Å²) in [7, 11) is 5.69. The molecule has 3 rings (SSSR count). The van der Waals surface area contributed by atoms with Gasteiger partial charge in [0.25, 0.3) is 5.91 Å². The first-order valence-electron chi connectivity index (χ1n) is 11.1. The second-order valence-corrected chi connectivity index (χ2v) is 10.4. The maximum atomic E-state index is 13.3. The topological polar surface area (TPSA) is 54.0 Å². The summed E-state index contributed by atoms with van der Waals surface area (Å²) in [6.07, 6.45) is 4.05. The summed E-state index contributed by atoms with van der Waals surface area (Å²) < 4.78 is 11.8. The molecule has 0 saturated carbocycles. The molecule has 1 aromatic carbocycles. The molecule has 0 bridgehead atoms. The van der Waals surface area contributed by atoms with Crippen LogP contribution in [0.15, 0.2) is 18.2 Å². The first-order valence-corrected chi connectivity index (χ1v) is 11.1. The number of amides is 1. The van der Waals surface area contributed by atoms with E-state index >= 15 is 0 Å². The number of nitrogens with zero attached hydrogens (tertiary/aromatic N) is 2. The largest absolute Gasteiger partial charge is 0.493 e. The molecule has 0 spiro atoms. The standard InChI is InChI=1S/C24H39N3O3/c1-23(2)15-18(16-24(3,4)25-23)27(6)22(28)17-8-9-20(21(14-17)29-7)30-19-10-12-26(5)13-11-19/h8-9,14,18-19,25H,10-13,15-16H2,1-7H3. The summed E-state index contributed by atoms with van der Waals surface area (Å²) in [4.78, 5) is 17.5. The molecule has 6 heteroatoms. The number of carbonyl (C=O) groups is 1. The van der Waals surface area contributed by atoms with E-state index in [-0.39, 0.29) is 29.1 Å². The number of methoxy groups -OCH3 is 1. The van der Waals surface area contributed by atoms with E-state index in [1.165, 1.54) is 0 Å². The Morgan fingerprint density at radius 1 is 1.10 bits per heavy atom. The molecule has 30 heavy (non-hydrogen) atoms. The minimum atomic E-state index is -0.00951. The van der Waals surface area contributed by atoms with Gasteiger partial charge >= 0.3 is 0 Å². The summed E-state index contributed by atoms with van der Waals surface area (Å²) in [6, 6.07) is 5.75. The highest BCUT2D eigenvalue weighted by atomic mass is 16.5. The van der Waals surface area contributed by atoms with Crippen LogP contribution in [0.3, 0.4) is 0 Å². The number of benzene rings is 1. The van der Waals surface area contributed by atoms with Gasteiger partial charge in [0.1, 0.15) is 6.10 Å². The molecule has 2 fully saturated rings. The maximum absolute atomic E-state index is 13.3. The van der Waals surface area contributed by atoms with Gasteiger partial charge in [0.15, 0.2) is 11.5 Å². The fraction of sp³-hybridized carbons (Fsp3) is 0.708. The lowest BCUT2D eigenvalue weighted by atomic mass is 9.79. The molecule has 0 aliphatic carbocycles. The fourth-order valence-electron chi connectivity index (χ4n) is 5.09. The molecule has 1 aromatic rings. The fourth-order valence-corrected chi connectivity index (χ4v) is 5.09. The Hall–Kier alpha value is -1.79. The molecule has 2 aliphatic heterocycles. The zero-order valence-corrected chi connectivity index (χ0v) is 19.7.